The third-order valence-electron chi connectivity index (χ3n) is 5.39. The molecule has 3 atom stereocenters. The Hall–Kier alpha value is -1.59. The number of hydrogen-bond acceptors (Lipinski definition) is 4. The molecule has 2 bridgehead atoms. The number of benzene rings is 1. The van der Waals surface area contributed by atoms with Crippen LogP contribution < -0.4 is 5.32 Å². The number of carbonyl (C=O) groups is 1. The van der Waals surface area contributed by atoms with E-state index in [0.29, 0.717) is 12.1 Å². The Balaban J connectivity index is 1.56. The second kappa shape index (κ2) is 7.57. The van der Waals surface area contributed by atoms with Crippen LogP contribution in [0.4, 0.5) is 4.79 Å². The summed E-state index contributed by atoms with van der Waals surface area (Å²) in [5.74, 6) is 0. The summed E-state index contributed by atoms with van der Waals surface area (Å²) < 4.78 is 5.33. The van der Waals surface area contributed by atoms with Crippen molar-refractivity contribution in [2.45, 2.75) is 70.8 Å². The first kappa shape index (κ1) is 19.2. The summed E-state index contributed by atoms with van der Waals surface area (Å²) in [6.07, 6.45) is 2.27. The number of ether oxygens (including phenoxy) is 1. The second-order valence-electron chi connectivity index (χ2n) is 8.89. The van der Waals surface area contributed by atoms with E-state index < -0.39 is 5.60 Å². The molecule has 0 saturated carbocycles. The zero-order valence-electron chi connectivity index (χ0n) is 16.8. The molecule has 0 spiro atoms. The van der Waals surface area contributed by atoms with Crippen molar-refractivity contribution in [1.29, 1.82) is 0 Å². The molecule has 2 fully saturated rings. The predicted octanol–water partition coefficient (Wildman–Crippen LogP) is 3.55. The van der Waals surface area contributed by atoms with E-state index in [-0.39, 0.29) is 12.1 Å². The Morgan fingerprint density at radius 1 is 1.19 bits per heavy atom. The summed E-state index contributed by atoms with van der Waals surface area (Å²) in [5.41, 5.74) is 1.97. The number of nitrogens with one attached hydrogen (secondary N) is 1. The number of rotatable bonds is 4. The van der Waals surface area contributed by atoms with Gasteiger partial charge in [-0.25, -0.2) is 4.79 Å². The Labute approximate surface area is 157 Å². The Kier molecular flexibility index (Phi) is 5.58. The molecule has 1 N–H and O–H groups in total. The first-order valence-corrected chi connectivity index (χ1v) is 9.74. The molecule has 144 valence electrons. The number of likely N-dealkylation sites (N-methyl/N-ethyl adjacent to an activating group) is 1. The minimum absolute atomic E-state index is 0.0706. The fourth-order valence-electron chi connectivity index (χ4n) is 4.15. The van der Waals surface area contributed by atoms with Crippen molar-refractivity contribution >= 4 is 6.09 Å². The second-order valence-corrected chi connectivity index (χ2v) is 8.89. The van der Waals surface area contributed by atoms with Gasteiger partial charge in [-0.15, -0.1) is 0 Å². The van der Waals surface area contributed by atoms with Gasteiger partial charge in [0, 0.05) is 31.7 Å². The fraction of sp³-hybridized carbons (Fsp3) is 0.667. The lowest BCUT2D eigenvalue weighted by Gasteiger charge is -2.39. The minimum Gasteiger partial charge on any atom is -0.444 e. The van der Waals surface area contributed by atoms with E-state index in [1.807, 2.05) is 27.7 Å². The van der Waals surface area contributed by atoms with Crippen LogP contribution in [0.2, 0.25) is 0 Å². The van der Waals surface area contributed by atoms with Crippen LogP contribution in [0, 0.1) is 0 Å². The molecule has 1 amide bonds. The van der Waals surface area contributed by atoms with Gasteiger partial charge in [-0.1, -0.05) is 24.3 Å². The summed E-state index contributed by atoms with van der Waals surface area (Å²) >= 11 is 0. The Bertz CT molecular complexity index is 609. The lowest BCUT2D eigenvalue weighted by atomic mass is 10.0. The number of amides is 1. The molecule has 0 aromatic heterocycles. The zero-order valence-corrected chi connectivity index (χ0v) is 16.8. The molecule has 0 radical (unpaired) electrons. The molecule has 0 aliphatic carbocycles. The van der Waals surface area contributed by atoms with Gasteiger partial charge in [0.1, 0.15) is 5.60 Å². The van der Waals surface area contributed by atoms with Gasteiger partial charge in [0.15, 0.2) is 0 Å². The van der Waals surface area contributed by atoms with Crippen molar-refractivity contribution in [2.24, 2.45) is 0 Å². The van der Waals surface area contributed by atoms with Crippen molar-refractivity contribution < 1.29 is 9.53 Å². The monoisotopic (exact) mass is 359 g/mol. The third-order valence-corrected chi connectivity index (χ3v) is 5.39. The van der Waals surface area contributed by atoms with Crippen LogP contribution in [0.5, 0.6) is 0 Å². The molecule has 2 heterocycles. The number of carbonyl (C=O) groups excluding carboxylic acids is 1. The summed E-state index contributed by atoms with van der Waals surface area (Å²) in [5, 5.41) is 2.91. The summed E-state index contributed by atoms with van der Waals surface area (Å²) in [6, 6.07) is 9.96. The molecular weight excluding hydrogens is 326 g/mol. The van der Waals surface area contributed by atoms with Crippen molar-refractivity contribution in [3.8, 4) is 0 Å². The molecule has 5 heteroatoms. The molecule has 0 unspecified atom stereocenters. The first-order chi connectivity index (χ1) is 12.2. The fourth-order valence-corrected chi connectivity index (χ4v) is 4.15. The van der Waals surface area contributed by atoms with Gasteiger partial charge in [0.2, 0.25) is 0 Å². The van der Waals surface area contributed by atoms with Gasteiger partial charge < -0.3 is 15.0 Å². The van der Waals surface area contributed by atoms with E-state index in [2.05, 4.69) is 46.4 Å². The largest absolute Gasteiger partial charge is 0.444 e. The minimum atomic E-state index is -0.477. The van der Waals surface area contributed by atoms with Crippen molar-refractivity contribution in [3.63, 3.8) is 0 Å². The first-order valence-electron chi connectivity index (χ1n) is 9.74. The van der Waals surface area contributed by atoms with E-state index in [0.717, 1.165) is 12.1 Å². The molecule has 1 aromatic rings. The summed E-state index contributed by atoms with van der Waals surface area (Å²) in [6.45, 7) is 11.0. The molecule has 5 nitrogen and oxygen atoms in total. The number of piperazine rings is 1. The van der Waals surface area contributed by atoms with E-state index >= 15 is 0 Å². The molecular formula is C21H33N3O2. The Morgan fingerprint density at radius 2 is 1.77 bits per heavy atom. The average Bonchev–Trinajstić information content (AvgIpc) is 2.76. The highest BCUT2D eigenvalue weighted by Gasteiger charge is 2.38. The lowest BCUT2D eigenvalue weighted by molar-refractivity contribution is 0.0508. The van der Waals surface area contributed by atoms with Gasteiger partial charge in [-0.05, 0) is 58.7 Å². The van der Waals surface area contributed by atoms with E-state index in [1.54, 1.807) is 0 Å². The van der Waals surface area contributed by atoms with Crippen LogP contribution >= 0.6 is 0 Å². The average molecular weight is 360 g/mol. The molecule has 2 aliphatic rings. The van der Waals surface area contributed by atoms with Crippen molar-refractivity contribution in [1.82, 2.24) is 15.1 Å². The highest BCUT2D eigenvalue weighted by molar-refractivity contribution is 5.68. The summed E-state index contributed by atoms with van der Waals surface area (Å²) in [4.78, 5) is 17.1. The van der Waals surface area contributed by atoms with Gasteiger partial charge >= 0.3 is 6.09 Å². The van der Waals surface area contributed by atoms with Crippen molar-refractivity contribution in [2.75, 3.05) is 20.1 Å². The standard InChI is InChI=1S/C21H33N3O2/c1-15(22-20(25)26-21(2,3)4)17-8-6-16(7-9-17)12-24-18-10-11-19(24)14-23(5)13-18/h6-9,15,18-19H,10-14H2,1-5H3,(H,22,25)/t15-,18-,19-/m0/s1. The number of fused-ring (bicyclic) bond motifs is 2. The normalized spacial score (nSPS) is 25.1. The molecule has 2 saturated heterocycles. The molecule has 2 aliphatic heterocycles. The van der Waals surface area contributed by atoms with Crippen molar-refractivity contribution in [3.05, 3.63) is 35.4 Å². The van der Waals surface area contributed by atoms with Crippen LogP contribution in [0.1, 0.15) is 57.7 Å². The quantitative estimate of drug-likeness (QED) is 0.893. The SMILES string of the molecule is C[C@H](NC(=O)OC(C)(C)C)c1ccc(CN2[C@H]3CC[C@H]2CN(C)C3)cc1. The van der Waals surface area contributed by atoms with Gasteiger partial charge in [0.05, 0.1) is 6.04 Å². The van der Waals surface area contributed by atoms with Crippen LogP contribution in [0.15, 0.2) is 24.3 Å². The number of likely N-dealkylation sites (tertiary alicyclic amines) is 1. The maximum absolute atomic E-state index is 11.9. The zero-order chi connectivity index (χ0) is 18.9. The highest BCUT2D eigenvalue weighted by atomic mass is 16.6. The van der Waals surface area contributed by atoms with Gasteiger partial charge in [-0.3, -0.25) is 4.90 Å². The van der Waals surface area contributed by atoms with Gasteiger partial charge in [-0.2, -0.15) is 0 Å². The number of alkyl carbamates (subject to hydrolysis) is 1. The van der Waals surface area contributed by atoms with Crippen LogP contribution in [-0.4, -0.2) is 53.7 Å². The summed E-state index contributed by atoms with van der Waals surface area (Å²) in [7, 11) is 2.23. The predicted molar refractivity (Wildman–Crippen MR) is 104 cm³/mol. The maximum Gasteiger partial charge on any atom is 0.408 e. The van der Waals surface area contributed by atoms with Gasteiger partial charge in [0.25, 0.3) is 0 Å². The molecule has 26 heavy (non-hydrogen) atoms. The van der Waals surface area contributed by atoms with Crippen LogP contribution in [-0.2, 0) is 11.3 Å². The van der Waals surface area contributed by atoms with Crippen LogP contribution in [0.3, 0.4) is 0 Å². The number of hydrogen-bond donors (Lipinski definition) is 1. The molecule has 1 aromatic carbocycles. The number of nitrogens with zero attached hydrogens (tertiary/aromatic N) is 2. The van der Waals surface area contributed by atoms with E-state index in [1.165, 1.54) is 31.5 Å². The van der Waals surface area contributed by atoms with Crippen LogP contribution in [0.25, 0.3) is 0 Å². The third kappa shape index (κ3) is 4.77. The molecule has 3 rings (SSSR count). The smallest absolute Gasteiger partial charge is 0.408 e. The highest BCUT2D eigenvalue weighted by Crippen LogP contribution is 2.31. The Morgan fingerprint density at radius 3 is 2.31 bits per heavy atom. The topological polar surface area (TPSA) is 44.8 Å². The lowest BCUT2D eigenvalue weighted by Crippen LogP contribution is -2.51. The van der Waals surface area contributed by atoms with E-state index in [9.17, 15) is 4.79 Å². The van der Waals surface area contributed by atoms with E-state index in [4.69, 9.17) is 4.74 Å². The maximum atomic E-state index is 11.9.